The highest BCUT2D eigenvalue weighted by molar-refractivity contribution is 7.99. The number of carbonyl (C=O) groups excluding carboxylic acids is 1. The number of hydrogen-bond donors (Lipinski definition) is 0. The fraction of sp³-hybridized carbons (Fsp3) is 0.200. The van der Waals surface area contributed by atoms with Crippen molar-refractivity contribution in [2.75, 3.05) is 5.75 Å². The van der Waals surface area contributed by atoms with Crippen LogP contribution >= 0.6 is 23.4 Å². The van der Waals surface area contributed by atoms with Gasteiger partial charge in [0.05, 0.1) is 10.8 Å². The van der Waals surface area contributed by atoms with Gasteiger partial charge in [-0.1, -0.05) is 17.7 Å². The molecule has 1 heterocycles. The van der Waals surface area contributed by atoms with Gasteiger partial charge < -0.3 is 0 Å². The predicted molar refractivity (Wildman–Crippen MR) is 80.9 cm³/mol. The first-order valence-corrected chi connectivity index (χ1v) is 7.46. The molecular formula is C15H14ClNOS. The topological polar surface area (TPSA) is 30.0 Å². The minimum absolute atomic E-state index is 0.0732. The van der Waals surface area contributed by atoms with Gasteiger partial charge in [0.2, 0.25) is 0 Å². The fourth-order valence-electron chi connectivity index (χ4n) is 1.66. The van der Waals surface area contributed by atoms with Crippen molar-refractivity contribution >= 4 is 29.1 Å². The van der Waals surface area contributed by atoms with E-state index in [-0.39, 0.29) is 5.78 Å². The largest absolute Gasteiger partial charge is 0.293 e. The zero-order valence-corrected chi connectivity index (χ0v) is 12.2. The van der Waals surface area contributed by atoms with Gasteiger partial charge >= 0.3 is 0 Å². The van der Waals surface area contributed by atoms with E-state index < -0.39 is 0 Å². The monoisotopic (exact) mass is 291 g/mol. The molecule has 0 fully saturated rings. The Hall–Kier alpha value is -1.32. The van der Waals surface area contributed by atoms with E-state index in [4.69, 9.17) is 11.6 Å². The Labute approximate surface area is 122 Å². The molecule has 2 nitrogen and oxygen atoms in total. The van der Waals surface area contributed by atoms with E-state index in [0.717, 1.165) is 11.3 Å². The normalized spacial score (nSPS) is 10.4. The standard InChI is InChI=1S/C15H14ClNOS/c1-11-2-3-13(14(16)8-11)15(18)10-19-9-12-4-6-17-7-5-12/h2-8H,9-10H2,1H3. The highest BCUT2D eigenvalue weighted by Gasteiger charge is 2.10. The van der Waals surface area contributed by atoms with Gasteiger partial charge in [0.1, 0.15) is 0 Å². The molecule has 2 aromatic rings. The summed E-state index contributed by atoms with van der Waals surface area (Å²) in [5, 5.41) is 0.537. The van der Waals surface area contributed by atoms with Crippen molar-refractivity contribution in [3.8, 4) is 0 Å². The van der Waals surface area contributed by atoms with Crippen LogP contribution < -0.4 is 0 Å². The number of halogens is 1. The summed E-state index contributed by atoms with van der Waals surface area (Å²) < 4.78 is 0. The first-order chi connectivity index (χ1) is 9.16. The average molecular weight is 292 g/mol. The minimum atomic E-state index is 0.0732. The van der Waals surface area contributed by atoms with Gasteiger partial charge in [-0.15, -0.1) is 11.8 Å². The highest BCUT2D eigenvalue weighted by Crippen LogP contribution is 2.20. The van der Waals surface area contributed by atoms with E-state index in [1.807, 2.05) is 31.2 Å². The molecule has 19 heavy (non-hydrogen) atoms. The summed E-state index contributed by atoms with van der Waals surface area (Å²) in [6.07, 6.45) is 3.52. The molecular weight excluding hydrogens is 278 g/mol. The number of rotatable bonds is 5. The predicted octanol–water partition coefficient (Wildman–Crippen LogP) is 4.16. The molecule has 1 aromatic heterocycles. The number of ketones is 1. The first-order valence-electron chi connectivity index (χ1n) is 5.93. The fourth-order valence-corrected chi connectivity index (χ4v) is 2.88. The minimum Gasteiger partial charge on any atom is -0.293 e. The molecule has 0 N–H and O–H groups in total. The first kappa shape index (κ1) is 14.1. The Kier molecular flexibility index (Phi) is 5.00. The molecule has 0 atom stereocenters. The number of carbonyl (C=O) groups is 1. The average Bonchev–Trinajstić information content (AvgIpc) is 2.39. The summed E-state index contributed by atoms with van der Waals surface area (Å²) in [4.78, 5) is 16.0. The van der Waals surface area contributed by atoms with Gasteiger partial charge in [0, 0.05) is 23.7 Å². The van der Waals surface area contributed by atoms with Crippen LogP contribution in [0.3, 0.4) is 0 Å². The summed E-state index contributed by atoms with van der Waals surface area (Å²) >= 11 is 7.67. The summed E-state index contributed by atoms with van der Waals surface area (Å²) in [6.45, 7) is 1.96. The molecule has 98 valence electrons. The van der Waals surface area contributed by atoms with Gasteiger partial charge in [-0.3, -0.25) is 9.78 Å². The Balaban J connectivity index is 1.91. The van der Waals surface area contributed by atoms with E-state index in [0.29, 0.717) is 16.3 Å². The summed E-state index contributed by atoms with van der Waals surface area (Å²) in [5.41, 5.74) is 2.84. The summed E-state index contributed by atoms with van der Waals surface area (Å²) in [7, 11) is 0. The SMILES string of the molecule is Cc1ccc(C(=O)CSCc2ccncc2)c(Cl)c1. The van der Waals surface area contributed by atoms with Crippen LogP contribution in [0.2, 0.25) is 5.02 Å². The van der Waals surface area contributed by atoms with E-state index in [1.54, 1.807) is 30.2 Å². The van der Waals surface area contributed by atoms with Crippen molar-refractivity contribution in [1.82, 2.24) is 4.98 Å². The molecule has 2 rings (SSSR count). The van der Waals surface area contributed by atoms with Crippen molar-refractivity contribution < 1.29 is 4.79 Å². The van der Waals surface area contributed by atoms with Crippen molar-refractivity contribution in [3.63, 3.8) is 0 Å². The number of benzene rings is 1. The van der Waals surface area contributed by atoms with Gasteiger partial charge in [-0.2, -0.15) is 0 Å². The third-order valence-corrected chi connectivity index (χ3v) is 3.99. The van der Waals surface area contributed by atoms with Crippen LogP contribution in [-0.4, -0.2) is 16.5 Å². The molecule has 4 heteroatoms. The van der Waals surface area contributed by atoms with Crippen LogP contribution in [0.1, 0.15) is 21.5 Å². The number of pyridine rings is 1. The van der Waals surface area contributed by atoms with E-state index in [2.05, 4.69) is 4.98 Å². The van der Waals surface area contributed by atoms with Crippen LogP contribution in [-0.2, 0) is 5.75 Å². The molecule has 0 aliphatic rings. The van der Waals surface area contributed by atoms with Crippen LogP contribution in [0.4, 0.5) is 0 Å². The zero-order valence-electron chi connectivity index (χ0n) is 10.6. The molecule has 0 radical (unpaired) electrons. The Bertz CT molecular complexity index is 572. The lowest BCUT2D eigenvalue weighted by Crippen LogP contribution is -2.03. The molecule has 0 amide bonds. The third-order valence-electron chi connectivity index (χ3n) is 2.68. The number of hydrogen-bond acceptors (Lipinski definition) is 3. The third kappa shape index (κ3) is 4.08. The molecule has 0 spiro atoms. The Morgan fingerprint density at radius 2 is 2.00 bits per heavy atom. The van der Waals surface area contributed by atoms with Crippen LogP contribution in [0, 0.1) is 6.92 Å². The van der Waals surface area contributed by atoms with E-state index >= 15 is 0 Å². The van der Waals surface area contributed by atoms with Gasteiger partial charge in [-0.25, -0.2) is 0 Å². The Morgan fingerprint density at radius 1 is 1.26 bits per heavy atom. The van der Waals surface area contributed by atoms with Crippen LogP contribution in [0.15, 0.2) is 42.7 Å². The van der Waals surface area contributed by atoms with Gasteiger partial charge in [0.25, 0.3) is 0 Å². The smallest absolute Gasteiger partial charge is 0.174 e. The molecule has 0 unspecified atom stereocenters. The molecule has 1 aromatic carbocycles. The second-order valence-corrected chi connectivity index (χ2v) is 5.65. The molecule has 0 saturated carbocycles. The van der Waals surface area contributed by atoms with Crippen molar-refractivity contribution in [3.05, 3.63) is 64.4 Å². The van der Waals surface area contributed by atoms with Crippen molar-refractivity contribution in [1.29, 1.82) is 0 Å². The second-order valence-electron chi connectivity index (χ2n) is 4.25. The molecule has 0 aliphatic carbocycles. The van der Waals surface area contributed by atoms with Crippen LogP contribution in [0.25, 0.3) is 0 Å². The van der Waals surface area contributed by atoms with Gasteiger partial charge in [0.15, 0.2) is 5.78 Å². The molecule has 0 saturated heterocycles. The number of aromatic nitrogens is 1. The maximum absolute atomic E-state index is 12.0. The van der Waals surface area contributed by atoms with Crippen molar-refractivity contribution in [2.24, 2.45) is 0 Å². The quantitative estimate of drug-likeness (QED) is 0.775. The van der Waals surface area contributed by atoms with Gasteiger partial charge in [-0.05, 0) is 42.3 Å². The lowest BCUT2D eigenvalue weighted by molar-refractivity contribution is 0.102. The summed E-state index contributed by atoms with van der Waals surface area (Å²) in [6, 6.07) is 9.44. The maximum atomic E-state index is 12.0. The van der Waals surface area contributed by atoms with E-state index in [1.165, 1.54) is 5.56 Å². The van der Waals surface area contributed by atoms with E-state index in [9.17, 15) is 4.79 Å². The molecule has 0 aliphatic heterocycles. The highest BCUT2D eigenvalue weighted by atomic mass is 35.5. The number of aryl methyl sites for hydroxylation is 1. The Morgan fingerprint density at radius 3 is 2.68 bits per heavy atom. The lowest BCUT2D eigenvalue weighted by atomic mass is 10.1. The lowest BCUT2D eigenvalue weighted by Gasteiger charge is -2.05. The molecule has 0 bridgehead atoms. The van der Waals surface area contributed by atoms with Crippen molar-refractivity contribution in [2.45, 2.75) is 12.7 Å². The number of thioether (sulfide) groups is 1. The number of nitrogens with zero attached hydrogens (tertiary/aromatic N) is 1. The second kappa shape index (κ2) is 6.73. The number of Topliss-reactive ketones (excluding diaryl/α,β-unsaturated/α-hetero) is 1. The summed E-state index contributed by atoms with van der Waals surface area (Å²) in [5.74, 6) is 1.31. The van der Waals surface area contributed by atoms with Crippen LogP contribution in [0.5, 0.6) is 0 Å². The zero-order chi connectivity index (χ0) is 13.7. The maximum Gasteiger partial charge on any atom is 0.174 e.